The van der Waals surface area contributed by atoms with Gasteiger partial charge in [0, 0.05) is 5.56 Å². The van der Waals surface area contributed by atoms with Crippen LogP contribution in [0.3, 0.4) is 0 Å². The number of benzene rings is 2. The average molecular weight is 252 g/mol. The molecule has 2 aromatic carbocycles. The van der Waals surface area contributed by atoms with Gasteiger partial charge in [0.15, 0.2) is 5.78 Å². The van der Waals surface area contributed by atoms with Gasteiger partial charge in [0.05, 0.1) is 11.7 Å². The molecule has 0 N–H and O–H groups in total. The van der Waals surface area contributed by atoms with Crippen molar-refractivity contribution in [2.24, 2.45) is 0 Å². The summed E-state index contributed by atoms with van der Waals surface area (Å²) < 4.78 is 5.78. The molecule has 19 heavy (non-hydrogen) atoms. The van der Waals surface area contributed by atoms with Crippen molar-refractivity contribution in [3.05, 3.63) is 64.7 Å². The molecule has 0 radical (unpaired) electrons. The van der Waals surface area contributed by atoms with Crippen LogP contribution in [0.4, 0.5) is 0 Å². The molecule has 0 bridgehead atoms. The summed E-state index contributed by atoms with van der Waals surface area (Å²) in [6, 6.07) is 13.6. The molecule has 0 aromatic heterocycles. The minimum atomic E-state index is 0.0662. The molecule has 3 rings (SSSR count). The second-order valence-electron chi connectivity index (χ2n) is 5.12. The summed E-state index contributed by atoms with van der Waals surface area (Å²) in [6.07, 6.45) is 0.864. The Balaban J connectivity index is 2.13. The highest BCUT2D eigenvalue weighted by molar-refractivity contribution is 6.14. The SMILES string of the molecule is CC(C)Oc1cccc2c1C(=O)c1ccccc1C2. The van der Waals surface area contributed by atoms with E-state index in [1.54, 1.807) is 0 Å². The van der Waals surface area contributed by atoms with E-state index in [0.717, 1.165) is 28.7 Å². The van der Waals surface area contributed by atoms with Gasteiger partial charge in [-0.3, -0.25) is 4.79 Å². The van der Waals surface area contributed by atoms with Gasteiger partial charge < -0.3 is 4.74 Å². The van der Waals surface area contributed by atoms with Crippen LogP contribution < -0.4 is 4.74 Å². The van der Waals surface area contributed by atoms with Crippen LogP contribution in [0, 0.1) is 0 Å². The number of rotatable bonds is 2. The van der Waals surface area contributed by atoms with Gasteiger partial charge in [0.1, 0.15) is 5.75 Å². The second kappa shape index (κ2) is 4.54. The summed E-state index contributed by atoms with van der Waals surface area (Å²) in [6.45, 7) is 3.95. The molecule has 0 heterocycles. The van der Waals surface area contributed by atoms with Crippen LogP contribution in [0.1, 0.15) is 40.9 Å². The van der Waals surface area contributed by atoms with Crippen molar-refractivity contribution in [3.8, 4) is 5.75 Å². The van der Waals surface area contributed by atoms with E-state index in [4.69, 9.17) is 4.74 Å². The number of carbonyl (C=O) groups is 1. The molecule has 0 unspecified atom stereocenters. The maximum absolute atomic E-state index is 12.6. The summed E-state index contributed by atoms with van der Waals surface area (Å²) in [5.41, 5.74) is 3.69. The molecule has 1 aliphatic carbocycles. The molecule has 96 valence electrons. The van der Waals surface area contributed by atoms with Gasteiger partial charge in [-0.15, -0.1) is 0 Å². The molecule has 0 fully saturated rings. The van der Waals surface area contributed by atoms with E-state index in [1.807, 2.05) is 56.3 Å². The zero-order valence-corrected chi connectivity index (χ0v) is 11.1. The van der Waals surface area contributed by atoms with Crippen molar-refractivity contribution >= 4 is 5.78 Å². The highest BCUT2D eigenvalue weighted by atomic mass is 16.5. The summed E-state index contributed by atoms with van der Waals surface area (Å²) in [5.74, 6) is 0.778. The molecule has 0 atom stereocenters. The summed E-state index contributed by atoms with van der Waals surface area (Å²) in [5, 5.41) is 0. The Labute approximate surface area is 113 Å². The Morgan fingerprint density at radius 2 is 1.74 bits per heavy atom. The van der Waals surface area contributed by atoms with Gasteiger partial charge in [0.25, 0.3) is 0 Å². The number of fused-ring (bicyclic) bond motifs is 2. The van der Waals surface area contributed by atoms with E-state index in [-0.39, 0.29) is 11.9 Å². The molecule has 0 spiro atoms. The normalized spacial score (nSPS) is 13.1. The van der Waals surface area contributed by atoms with Crippen LogP contribution in [-0.2, 0) is 6.42 Å². The third-order valence-electron chi connectivity index (χ3n) is 3.35. The van der Waals surface area contributed by atoms with Crippen LogP contribution in [0.25, 0.3) is 0 Å². The molecule has 1 aliphatic rings. The zero-order valence-electron chi connectivity index (χ0n) is 11.1. The van der Waals surface area contributed by atoms with Crippen molar-refractivity contribution in [1.82, 2.24) is 0 Å². The molecule has 0 amide bonds. The van der Waals surface area contributed by atoms with Crippen molar-refractivity contribution < 1.29 is 9.53 Å². The molecule has 2 aromatic rings. The van der Waals surface area contributed by atoms with E-state index in [2.05, 4.69) is 0 Å². The maximum atomic E-state index is 12.6. The van der Waals surface area contributed by atoms with Crippen LogP contribution in [-0.4, -0.2) is 11.9 Å². The van der Waals surface area contributed by atoms with Gasteiger partial charge in [-0.2, -0.15) is 0 Å². The van der Waals surface area contributed by atoms with Crippen molar-refractivity contribution in [2.45, 2.75) is 26.4 Å². The Morgan fingerprint density at radius 3 is 2.53 bits per heavy atom. The predicted octanol–water partition coefficient (Wildman–Crippen LogP) is 3.61. The van der Waals surface area contributed by atoms with E-state index < -0.39 is 0 Å². The molecular weight excluding hydrogens is 236 g/mol. The molecule has 0 saturated carbocycles. The lowest BCUT2D eigenvalue weighted by Gasteiger charge is -2.22. The van der Waals surface area contributed by atoms with Crippen LogP contribution >= 0.6 is 0 Å². The largest absolute Gasteiger partial charge is 0.490 e. The Hall–Kier alpha value is -2.09. The quantitative estimate of drug-likeness (QED) is 0.696. The smallest absolute Gasteiger partial charge is 0.197 e. The third-order valence-corrected chi connectivity index (χ3v) is 3.35. The fourth-order valence-electron chi connectivity index (χ4n) is 2.57. The first-order valence-corrected chi connectivity index (χ1v) is 6.58. The molecule has 0 aliphatic heterocycles. The van der Waals surface area contributed by atoms with Crippen molar-refractivity contribution in [2.75, 3.05) is 0 Å². The standard InChI is InChI=1S/C17H16O2/c1-11(2)19-15-9-5-7-13-10-12-6-3-4-8-14(12)17(18)16(13)15/h3-9,11H,10H2,1-2H3. The van der Waals surface area contributed by atoms with Gasteiger partial charge in [-0.25, -0.2) is 0 Å². The Morgan fingerprint density at radius 1 is 1.00 bits per heavy atom. The first kappa shape index (κ1) is 12.0. The summed E-state index contributed by atoms with van der Waals surface area (Å²) in [7, 11) is 0. The van der Waals surface area contributed by atoms with Crippen molar-refractivity contribution in [3.63, 3.8) is 0 Å². The predicted molar refractivity (Wildman–Crippen MR) is 74.9 cm³/mol. The lowest BCUT2D eigenvalue weighted by molar-refractivity contribution is 0.102. The van der Waals surface area contributed by atoms with Gasteiger partial charge in [-0.05, 0) is 37.5 Å². The minimum Gasteiger partial charge on any atom is -0.490 e. The number of ether oxygens (including phenoxy) is 1. The third kappa shape index (κ3) is 2.03. The van der Waals surface area contributed by atoms with Crippen LogP contribution in [0.5, 0.6) is 5.75 Å². The second-order valence-corrected chi connectivity index (χ2v) is 5.12. The molecule has 2 heteroatoms. The summed E-state index contributed by atoms with van der Waals surface area (Å²) in [4.78, 5) is 12.6. The molecule has 2 nitrogen and oxygen atoms in total. The van der Waals surface area contributed by atoms with E-state index in [9.17, 15) is 4.79 Å². The zero-order chi connectivity index (χ0) is 13.4. The highest BCUT2D eigenvalue weighted by Crippen LogP contribution is 2.33. The van der Waals surface area contributed by atoms with Gasteiger partial charge >= 0.3 is 0 Å². The molecule has 0 saturated heterocycles. The lowest BCUT2D eigenvalue weighted by Crippen LogP contribution is -2.18. The number of hydrogen-bond acceptors (Lipinski definition) is 2. The summed E-state index contributed by atoms with van der Waals surface area (Å²) >= 11 is 0. The van der Waals surface area contributed by atoms with E-state index in [0.29, 0.717) is 5.75 Å². The first-order chi connectivity index (χ1) is 9.16. The van der Waals surface area contributed by atoms with Crippen LogP contribution in [0.15, 0.2) is 42.5 Å². The van der Waals surface area contributed by atoms with E-state index in [1.165, 1.54) is 0 Å². The minimum absolute atomic E-state index is 0.0662. The monoisotopic (exact) mass is 252 g/mol. The molecular formula is C17H16O2. The number of ketones is 1. The topological polar surface area (TPSA) is 26.3 Å². The average Bonchev–Trinajstić information content (AvgIpc) is 2.38. The maximum Gasteiger partial charge on any atom is 0.197 e. The van der Waals surface area contributed by atoms with Crippen molar-refractivity contribution in [1.29, 1.82) is 0 Å². The van der Waals surface area contributed by atoms with Gasteiger partial charge in [0.2, 0.25) is 0 Å². The Bertz CT molecular complexity index is 641. The Kier molecular flexibility index (Phi) is 2.86. The highest BCUT2D eigenvalue weighted by Gasteiger charge is 2.26. The van der Waals surface area contributed by atoms with E-state index >= 15 is 0 Å². The fraction of sp³-hybridized carbons (Fsp3) is 0.235. The lowest BCUT2D eigenvalue weighted by atomic mass is 9.84. The fourth-order valence-corrected chi connectivity index (χ4v) is 2.57. The van der Waals surface area contributed by atoms with Crippen LogP contribution in [0.2, 0.25) is 0 Å². The van der Waals surface area contributed by atoms with Gasteiger partial charge in [-0.1, -0.05) is 36.4 Å². The number of carbonyl (C=O) groups excluding carboxylic acids is 1. The first-order valence-electron chi connectivity index (χ1n) is 6.58. The number of hydrogen-bond donors (Lipinski definition) is 0.